The van der Waals surface area contributed by atoms with Gasteiger partial charge in [-0.1, -0.05) is 357 Å². The number of carbonyl (C=O) groups excluding carboxylic acids is 2. The van der Waals surface area contributed by atoms with Crippen molar-refractivity contribution in [3.8, 4) is 0 Å². The van der Waals surface area contributed by atoms with Crippen molar-refractivity contribution in [1.29, 1.82) is 0 Å². The average Bonchev–Trinajstić information content (AvgIpc) is 1.07. The fraction of sp³-hybridized carbons (Fsp3) is 0.667. The van der Waals surface area contributed by atoms with Crippen molar-refractivity contribution in [3.63, 3.8) is 0 Å². The van der Waals surface area contributed by atoms with E-state index in [-0.39, 0.29) is 32.0 Å². The number of allylic oxidation sites excluding steroid dienone is 28. The van der Waals surface area contributed by atoms with Gasteiger partial charge in [0, 0.05) is 12.8 Å². The summed E-state index contributed by atoms with van der Waals surface area (Å²) < 4.78 is 34.8. The summed E-state index contributed by atoms with van der Waals surface area (Å²) in [5, 5.41) is 0. The molecule has 0 radical (unpaired) electrons. The van der Waals surface area contributed by atoms with Crippen LogP contribution in [0.1, 0.15) is 335 Å². The highest BCUT2D eigenvalue weighted by atomic mass is 31.2. The first-order valence-corrected chi connectivity index (χ1v) is 42.4. The van der Waals surface area contributed by atoms with Gasteiger partial charge >= 0.3 is 19.8 Å². The van der Waals surface area contributed by atoms with E-state index in [0.717, 1.165) is 135 Å². The molecule has 0 aliphatic rings. The van der Waals surface area contributed by atoms with Gasteiger partial charge in [0.1, 0.15) is 19.8 Å². The molecule has 2 unspecified atom stereocenters. The van der Waals surface area contributed by atoms with Crippen LogP contribution < -0.4 is 0 Å². The zero-order chi connectivity index (χ0) is 72.5. The lowest BCUT2D eigenvalue weighted by atomic mass is 10.0. The molecule has 0 spiro atoms. The summed E-state index contributed by atoms with van der Waals surface area (Å²) in [5.74, 6) is -0.819. The number of phosphoric acid groups is 1. The SMILES string of the molecule is CC/C=C\C/C=C\C/C=C\C/C=C\C/C=C\C/C=C\C/C=C\C/C=C\C/C=C\C/C=C\C/C=C\CCCCCCCC(=O)OC(COC(=O)CCCCCCCCCCCCCCCCCCCCCCCC/C=C\C/C=C\C/C=C\CCCCCCC)COP(=O)(O)OCC[N+](C)(C)C. The van der Waals surface area contributed by atoms with Crippen LogP contribution in [0.3, 0.4) is 0 Å². The van der Waals surface area contributed by atoms with Crippen LogP contribution in [0.4, 0.5) is 0 Å². The summed E-state index contributed by atoms with van der Waals surface area (Å²) in [6.07, 6.45) is 119. The van der Waals surface area contributed by atoms with Gasteiger partial charge in [-0.15, -0.1) is 0 Å². The van der Waals surface area contributed by atoms with E-state index in [1.165, 1.54) is 167 Å². The van der Waals surface area contributed by atoms with E-state index >= 15 is 0 Å². The lowest BCUT2D eigenvalue weighted by Gasteiger charge is -2.24. The highest BCUT2D eigenvalue weighted by Crippen LogP contribution is 2.43. The molecule has 0 saturated carbocycles. The minimum Gasteiger partial charge on any atom is -0.462 e. The maximum Gasteiger partial charge on any atom is 0.472 e. The van der Waals surface area contributed by atoms with E-state index in [1.54, 1.807) is 0 Å². The smallest absolute Gasteiger partial charge is 0.462 e. The summed E-state index contributed by atoms with van der Waals surface area (Å²) in [5.41, 5.74) is 0. The Morgan fingerprint density at radius 3 is 0.850 bits per heavy atom. The molecule has 9 nitrogen and oxygen atoms in total. The molecule has 10 heteroatoms. The van der Waals surface area contributed by atoms with Gasteiger partial charge in [0.05, 0.1) is 27.7 Å². The molecule has 0 bridgehead atoms. The molecule has 0 amide bonds. The Balaban J connectivity index is 4.06. The summed E-state index contributed by atoms with van der Waals surface area (Å²) in [7, 11) is 1.45. The van der Waals surface area contributed by atoms with E-state index in [4.69, 9.17) is 18.5 Å². The lowest BCUT2D eigenvalue weighted by Crippen LogP contribution is -2.37. The molecular weight excluding hydrogens is 1250 g/mol. The Bertz CT molecular complexity index is 2300. The summed E-state index contributed by atoms with van der Waals surface area (Å²) in [6, 6.07) is 0. The topological polar surface area (TPSA) is 108 Å². The molecule has 0 heterocycles. The largest absolute Gasteiger partial charge is 0.472 e. The lowest BCUT2D eigenvalue weighted by molar-refractivity contribution is -0.870. The van der Waals surface area contributed by atoms with Crippen molar-refractivity contribution >= 4 is 19.8 Å². The third-order valence-corrected chi connectivity index (χ3v) is 18.2. The quantitative estimate of drug-likeness (QED) is 0.0211. The third kappa shape index (κ3) is 82.3. The van der Waals surface area contributed by atoms with Crippen molar-refractivity contribution < 1.29 is 42.1 Å². The highest BCUT2D eigenvalue weighted by Gasteiger charge is 2.27. The Morgan fingerprint density at radius 2 is 0.570 bits per heavy atom. The molecule has 0 fully saturated rings. The van der Waals surface area contributed by atoms with Crippen LogP contribution in [0.5, 0.6) is 0 Å². The molecular formula is C90H153NO8P+. The Hall–Kier alpha value is -4.63. The van der Waals surface area contributed by atoms with Gasteiger partial charge in [0.25, 0.3) is 0 Å². The van der Waals surface area contributed by atoms with E-state index in [1.807, 2.05) is 21.1 Å². The number of nitrogens with zero attached hydrogens (tertiary/aromatic N) is 1. The first kappa shape index (κ1) is 95.4. The van der Waals surface area contributed by atoms with Gasteiger partial charge in [0.2, 0.25) is 0 Å². The fourth-order valence-electron chi connectivity index (χ4n) is 11.0. The fourth-order valence-corrected chi connectivity index (χ4v) is 11.8. The number of unbranched alkanes of at least 4 members (excludes halogenated alkanes) is 32. The van der Waals surface area contributed by atoms with E-state index in [9.17, 15) is 19.0 Å². The second-order valence-electron chi connectivity index (χ2n) is 28.1. The molecule has 0 aliphatic heterocycles. The van der Waals surface area contributed by atoms with Gasteiger partial charge in [-0.2, -0.15) is 0 Å². The molecule has 2 atom stereocenters. The van der Waals surface area contributed by atoms with Crippen LogP contribution in [0, 0.1) is 0 Å². The van der Waals surface area contributed by atoms with Gasteiger partial charge in [-0.3, -0.25) is 18.6 Å². The van der Waals surface area contributed by atoms with Crippen LogP contribution in [0.25, 0.3) is 0 Å². The maximum absolute atomic E-state index is 12.9. The number of phosphoric ester groups is 1. The molecule has 0 aromatic carbocycles. The minimum absolute atomic E-state index is 0.0206. The number of likely N-dealkylation sites (N-methyl/N-ethyl adjacent to an activating group) is 1. The van der Waals surface area contributed by atoms with Crippen LogP contribution in [-0.4, -0.2) is 74.9 Å². The van der Waals surface area contributed by atoms with Crippen LogP contribution in [-0.2, 0) is 32.7 Å². The normalized spacial score (nSPS) is 13.9. The molecule has 0 saturated heterocycles. The van der Waals surface area contributed by atoms with Crippen LogP contribution in [0.2, 0.25) is 0 Å². The number of esters is 2. The number of hydrogen-bond donors (Lipinski definition) is 1. The van der Waals surface area contributed by atoms with E-state index < -0.39 is 26.5 Å². The first-order chi connectivity index (χ1) is 49.0. The number of carbonyl (C=O) groups is 2. The van der Waals surface area contributed by atoms with Crippen molar-refractivity contribution in [2.75, 3.05) is 47.5 Å². The van der Waals surface area contributed by atoms with Gasteiger partial charge < -0.3 is 18.9 Å². The van der Waals surface area contributed by atoms with Crippen molar-refractivity contribution in [3.05, 3.63) is 170 Å². The second kappa shape index (κ2) is 78.5. The number of hydrogen-bond acceptors (Lipinski definition) is 7. The van der Waals surface area contributed by atoms with Crippen molar-refractivity contribution in [2.45, 2.75) is 341 Å². The van der Waals surface area contributed by atoms with Gasteiger partial charge in [-0.05, 0) is 135 Å². The maximum atomic E-state index is 12.9. The Labute approximate surface area is 617 Å². The van der Waals surface area contributed by atoms with E-state index in [2.05, 4.69) is 184 Å². The van der Waals surface area contributed by atoms with Crippen LogP contribution in [0.15, 0.2) is 170 Å². The van der Waals surface area contributed by atoms with Gasteiger partial charge in [0.15, 0.2) is 6.10 Å². The zero-order valence-electron chi connectivity index (χ0n) is 65.1. The zero-order valence-corrected chi connectivity index (χ0v) is 66.0. The van der Waals surface area contributed by atoms with E-state index in [0.29, 0.717) is 17.4 Å². The molecule has 0 aromatic heterocycles. The number of ether oxygens (including phenoxy) is 2. The molecule has 100 heavy (non-hydrogen) atoms. The Kier molecular flexibility index (Phi) is 74.9. The molecule has 1 N–H and O–H groups in total. The first-order valence-electron chi connectivity index (χ1n) is 40.9. The molecule has 0 aliphatic carbocycles. The molecule has 570 valence electrons. The summed E-state index contributed by atoms with van der Waals surface area (Å²) >= 11 is 0. The number of quaternary nitrogens is 1. The predicted molar refractivity (Wildman–Crippen MR) is 436 cm³/mol. The average molecular weight is 1410 g/mol. The predicted octanol–water partition coefficient (Wildman–Crippen LogP) is 27.6. The molecule has 0 rings (SSSR count). The van der Waals surface area contributed by atoms with Crippen LogP contribution >= 0.6 is 7.82 Å². The third-order valence-electron chi connectivity index (χ3n) is 17.2. The second-order valence-corrected chi connectivity index (χ2v) is 29.5. The summed E-state index contributed by atoms with van der Waals surface area (Å²) in [6.45, 7) is 4.30. The van der Waals surface area contributed by atoms with Gasteiger partial charge in [-0.25, -0.2) is 4.57 Å². The minimum atomic E-state index is -4.41. The molecule has 0 aromatic rings. The standard InChI is InChI=1S/C90H152NO8P/c1-6-8-10-12-14-16-18-20-22-24-26-28-30-32-34-36-38-40-42-44-45-47-49-51-53-55-57-59-61-63-65-67-69-71-73-75-77-79-81-83-90(93)99-88(87-98-100(94,95)97-85-84-91(3,4)5)86-96-89(92)82-80-78-76-74-72-70-68-66-64-62-60-58-56-54-52-50-48-46-43-41-39-37-35-33-31-29-27-25-23-21-19-17-15-13-11-9-7-2/h8,10,14,16,19-22,25-28,31-34,38,40,44-45,49,51,55,57,61,63,67,69,88H,6-7,9,11-13,15,17-18,23-24,29-30,35-37,39,41-43,46-48,50,52-54,56,58-60,62,64-66,68,70-87H2,1-5H3/p+1/b10-8-,16-14-,21-19-,22-20-,27-25-,28-26-,33-31-,34-32-,40-38-,45-44-,51-49-,57-55-,63-61-,69-67-. The Morgan fingerprint density at radius 1 is 0.320 bits per heavy atom. The summed E-state index contributed by atoms with van der Waals surface area (Å²) in [4.78, 5) is 36.0. The highest BCUT2D eigenvalue weighted by molar-refractivity contribution is 7.47. The van der Waals surface area contributed by atoms with Crippen molar-refractivity contribution in [1.82, 2.24) is 0 Å². The van der Waals surface area contributed by atoms with Crippen molar-refractivity contribution in [2.24, 2.45) is 0 Å². The number of rotatable bonds is 74. The monoisotopic (exact) mass is 1410 g/mol.